The van der Waals surface area contributed by atoms with Crippen LogP contribution in [0, 0.1) is 22.5 Å². The number of hydrogen-bond donors (Lipinski definition) is 0. The lowest BCUT2D eigenvalue weighted by atomic mass is 9.37. The van der Waals surface area contributed by atoms with Crippen LogP contribution in [0.1, 0.15) is 18.4 Å². The summed E-state index contributed by atoms with van der Waals surface area (Å²) in [5.41, 5.74) is 3.22. The van der Waals surface area contributed by atoms with Crippen LogP contribution in [0.25, 0.3) is 0 Å². The van der Waals surface area contributed by atoms with E-state index in [1.165, 1.54) is 11.3 Å². The Kier molecular flexibility index (Phi) is 2.20. The molecule has 0 aromatic heterocycles. The lowest BCUT2D eigenvalue weighted by Crippen LogP contribution is -2.82. The topological polar surface area (TPSA) is 44.7 Å². The SMILES string of the molecule is C=C[C@@]12C[N@+](C)([O-])[C@H]3C[C@]14C(=Nc1ccccc14)[C@H]1C[C@@H]2[C@@H]3CO1. The second-order valence-electron chi connectivity index (χ2n) is 8.60. The van der Waals surface area contributed by atoms with Crippen molar-refractivity contribution in [3.05, 3.63) is 47.7 Å². The van der Waals surface area contributed by atoms with Crippen molar-refractivity contribution in [1.29, 1.82) is 0 Å². The van der Waals surface area contributed by atoms with Crippen molar-refractivity contribution in [2.45, 2.75) is 30.4 Å². The van der Waals surface area contributed by atoms with Crippen LogP contribution in [0.4, 0.5) is 5.69 Å². The number of nitrogens with zero attached hydrogens (tertiary/aromatic N) is 2. The van der Waals surface area contributed by atoms with Gasteiger partial charge in [-0.3, -0.25) is 4.99 Å². The molecule has 1 aromatic carbocycles. The number of benzene rings is 1. The molecule has 0 amide bonds. The van der Waals surface area contributed by atoms with Crippen molar-refractivity contribution in [1.82, 2.24) is 0 Å². The molecule has 7 atom stereocenters. The molecule has 5 fully saturated rings. The average Bonchev–Trinajstić information content (AvgIpc) is 2.89. The van der Waals surface area contributed by atoms with E-state index in [1.807, 2.05) is 7.05 Å². The number of hydroxylamine groups is 3. The number of rotatable bonds is 1. The van der Waals surface area contributed by atoms with E-state index < -0.39 is 0 Å². The number of piperidine rings is 2. The Balaban J connectivity index is 1.72. The van der Waals surface area contributed by atoms with Crippen molar-refractivity contribution in [2.75, 3.05) is 20.2 Å². The van der Waals surface area contributed by atoms with Gasteiger partial charge in [-0.1, -0.05) is 24.3 Å². The van der Waals surface area contributed by atoms with E-state index in [2.05, 4.69) is 36.9 Å². The molecule has 0 unspecified atom stereocenters. The molecule has 2 aliphatic carbocycles. The Hall–Kier alpha value is -1.49. The van der Waals surface area contributed by atoms with Crippen LogP contribution in [-0.2, 0) is 10.2 Å². The molecule has 2 saturated carbocycles. The highest BCUT2D eigenvalue weighted by Gasteiger charge is 2.77. The Morgan fingerprint density at radius 3 is 3.08 bits per heavy atom. The number of fused-ring (bicyclic) bond motifs is 4. The fourth-order valence-corrected chi connectivity index (χ4v) is 7.17. The monoisotopic (exact) mass is 322 g/mol. The summed E-state index contributed by atoms with van der Waals surface area (Å²) in [4.78, 5) is 5.06. The quantitative estimate of drug-likeness (QED) is 0.453. The Labute approximate surface area is 142 Å². The molecule has 1 spiro atoms. The smallest absolute Gasteiger partial charge is 0.0968 e. The molecule has 124 valence electrons. The highest BCUT2D eigenvalue weighted by Crippen LogP contribution is 2.71. The Morgan fingerprint density at radius 1 is 1.42 bits per heavy atom. The number of hydrogen-bond acceptors (Lipinski definition) is 3. The van der Waals surface area contributed by atoms with Crippen LogP contribution < -0.4 is 0 Å². The van der Waals surface area contributed by atoms with Crippen LogP contribution in [0.3, 0.4) is 0 Å². The predicted octanol–water partition coefficient (Wildman–Crippen LogP) is 2.95. The summed E-state index contributed by atoms with van der Waals surface area (Å²) in [6.07, 6.45) is 4.15. The third kappa shape index (κ3) is 1.18. The fraction of sp³-hybridized carbons (Fsp3) is 0.550. The molecule has 5 bridgehead atoms. The van der Waals surface area contributed by atoms with Crippen LogP contribution in [0.2, 0.25) is 0 Å². The predicted molar refractivity (Wildman–Crippen MR) is 92.0 cm³/mol. The van der Waals surface area contributed by atoms with Crippen molar-refractivity contribution < 1.29 is 9.38 Å². The number of quaternary nitrogens is 1. The highest BCUT2D eigenvalue weighted by molar-refractivity contribution is 6.07. The maximum atomic E-state index is 13.4. The number of ether oxygens (including phenoxy) is 1. The van der Waals surface area contributed by atoms with E-state index >= 15 is 0 Å². The van der Waals surface area contributed by atoms with Gasteiger partial charge < -0.3 is 14.6 Å². The summed E-state index contributed by atoms with van der Waals surface area (Å²) in [5, 5.41) is 13.4. The van der Waals surface area contributed by atoms with Gasteiger partial charge in [0.1, 0.15) is 0 Å². The van der Waals surface area contributed by atoms with Crippen molar-refractivity contribution >= 4 is 11.4 Å². The van der Waals surface area contributed by atoms with E-state index in [-0.39, 0.29) is 27.6 Å². The van der Waals surface area contributed by atoms with Gasteiger partial charge >= 0.3 is 0 Å². The number of aliphatic imine (C=N–C) groups is 1. The zero-order chi connectivity index (χ0) is 16.3. The standard InChI is InChI=1S/C20H22N2O2/c1-3-19-11-22(2,23)16-9-20(19)13-6-4-5-7-15(13)21-18(20)17-8-14(19)12(16)10-24-17/h3-7,12,14,16-17H,1,8-11H2,2H3/t12-,14+,16-,17+,19-,20-,22-/m0/s1. The minimum atomic E-state index is -0.186. The van der Waals surface area contributed by atoms with Crippen molar-refractivity contribution in [2.24, 2.45) is 22.2 Å². The average molecular weight is 322 g/mol. The normalized spacial score (nSPS) is 52.7. The first-order valence-corrected chi connectivity index (χ1v) is 9.03. The molecule has 7 rings (SSSR count). The summed E-state index contributed by atoms with van der Waals surface area (Å²) in [6.45, 7) is 5.60. The molecule has 4 heteroatoms. The van der Waals surface area contributed by atoms with Crippen LogP contribution in [-0.4, -0.2) is 42.7 Å². The third-order valence-electron chi connectivity index (χ3n) is 7.93. The second-order valence-corrected chi connectivity index (χ2v) is 8.60. The Morgan fingerprint density at radius 2 is 2.25 bits per heavy atom. The highest BCUT2D eigenvalue weighted by atomic mass is 16.5. The molecule has 4 aliphatic heterocycles. The molecule has 24 heavy (non-hydrogen) atoms. The van der Waals surface area contributed by atoms with Crippen molar-refractivity contribution in [3.63, 3.8) is 0 Å². The summed E-state index contributed by atoms with van der Waals surface area (Å²) < 4.78 is 6.09. The van der Waals surface area contributed by atoms with Gasteiger partial charge in [-0.15, -0.1) is 6.58 Å². The minimum Gasteiger partial charge on any atom is -0.633 e. The van der Waals surface area contributed by atoms with Crippen molar-refractivity contribution in [3.8, 4) is 0 Å². The minimum absolute atomic E-state index is 0.106. The van der Waals surface area contributed by atoms with Gasteiger partial charge in [0.2, 0.25) is 0 Å². The fourth-order valence-electron chi connectivity index (χ4n) is 7.17. The van der Waals surface area contributed by atoms with Crippen LogP contribution in [0.15, 0.2) is 41.9 Å². The van der Waals surface area contributed by atoms with Crippen LogP contribution >= 0.6 is 0 Å². The lowest BCUT2D eigenvalue weighted by Gasteiger charge is -2.74. The van der Waals surface area contributed by atoms with Gasteiger partial charge in [0, 0.05) is 12.3 Å². The van der Waals surface area contributed by atoms with Gasteiger partial charge in [0.25, 0.3) is 0 Å². The first-order valence-electron chi connectivity index (χ1n) is 9.03. The third-order valence-corrected chi connectivity index (χ3v) is 7.93. The summed E-state index contributed by atoms with van der Waals surface area (Å²) in [5.74, 6) is 0.855. The van der Waals surface area contributed by atoms with E-state index in [4.69, 9.17) is 9.73 Å². The second kappa shape index (κ2) is 3.85. The van der Waals surface area contributed by atoms with E-state index in [1.54, 1.807) is 0 Å². The van der Waals surface area contributed by atoms with Gasteiger partial charge in [-0.25, -0.2) is 0 Å². The first kappa shape index (κ1) is 13.8. The summed E-state index contributed by atoms with van der Waals surface area (Å²) >= 11 is 0. The van der Waals surface area contributed by atoms with Crippen LogP contribution in [0.5, 0.6) is 0 Å². The number of para-hydroxylation sites is 1. The molecule has 1 aromatic rings. The molecule has 4 heterocycles. The molecular formula is C20H22N2O2. The van der Waals surface area contributed by atoms with E-state index in [0.717, 1.165) is 18.5 Å². The zero-order valence-electron chi connectivity index (χ0n) is 13.9. The van der Waals surface area contributed by atoms with Gasteiger partial charge in [0.05, 0.1) is 54.6 Å². The lowest BCUT2D eigenvalue weighted by molar-refractivity contribution is -0.915. The van der Waals surface area contributed by atoms with E-state index in [9.17, 15) is 5.21 Å². The largest absolute Gasteiger partial charge is 0.633 e. The molecule has 0 N–H and O–H groups in total. The van der Waals surface area contributed by atoms with Gasteiger partial charge in [-0.05, 0) is 24.0 Å². The zero-order valence-corrected chi connectivity index (χ0v) is 13.9. The molecule has 0 radical (unpaired) electrons. The van der Waals surface area contributed by atoms with E-state index in [0.29, 0.717) is 25.0 Å². The maximum absolute atomic E-state index is 13.4. The molecule has 6 aliphatic rings. The molecule has 4 nitrogen and oxygen atoms in total. The van der Waals surface area contributed by atoms with Gasteiger partial charge in [-0.2, -0.15) is 0 Å². The molecular weight excluding hydrogens is 300 g/mol. The summed E-state index contributed by atoms with van der Waals surface area (Å²) in [7, 11) is 1.86. The molecule has 3 saturated heterocycles. The maximum Gasteiger partial charge on any atom is 0.0968 e. The summed E-state index contributed by atoms with van der Waals surface area (Å²) in [6, 6.07) is 8.61. The first-order chi connectivity index (χ1) is 11.5. The van der Waals surface area contributed by atoms with Gasteiger partial charge in [0.15, 0.2) is 0 Å². The Bertz CT molecular complexity index is 816.